The fourth-order valence-corrected chi connectivity index (χ4v) is 6.20. The summed E-state index contributed by atoms with van der Waals surface area (Å²) in [6, 6.07) is 6.03. The molecular formula is C13H17NO5S3. The van der Waals surface area contributed by atoms with Gasteiger partial charge in [-0.1, -0.05) is 6.07 Å². The van der Waals surface area contributed by atoms with E-state index in [1.165, 1.54) is 23.9 Å². The molecule has 1 fully saturated rings. The van der Waals surface area contributed by atoms with E-state index in [4.69, 9.17) is 0 Å². The number of benzene rings is 1. The first-order valence-corrected chi connectivity index (χ1v) is 11.3. The number of nitrogens with one attached hydrogen (secondary N) is 1. The molecule has 9 heteroatoms. The van der Waals surface area contributed by atoms with Gasteiger partial charge in [0.1, 0.15) is 0 Å². The van der Waals surface area contributed by atoms with E-state index in [0.717, 1.165) is 6.26 Å². The van der Waals surface area contributed by atoms with Gasteiger partial charge in [0.15, 0.2) is 19.7 Å². The number of hydrogen-bond acceptors (Lipinski definition) is 6. The Kier molecular flexibility index (Phi) is 5.18. The normalized spacial score (nSPS) is 20.7. The van der Waals surface area contributed by atoms with Crippen LogP contribution in [0.5, 0.6) is 0 Å². The fourth-order valence-electron chi connectivity index (χ4n) is 2.09. The molecule has 0 bridgehead atoms. The van der Waals surface area contributed by atoms with Crippen molar-refractivity contribution in [1.82, 2.24) is 0 Å². The maximum Gasteiger partial charge on any atom is 0.234 e. The molecule has 0 radical (unpaired) electrons. The second-order valence-corrected chi connectivity index (χ2v) is 10.7. The van der Waals surface area contributed by atoms with Crippen molar-refractivity contribution in [2.45, 2.75) is 16.6 Å². The molecule has 1 amide bonds. The lowest BCUT2D eigenvalue weighted by atomic mass is 10.3. The number of hydrogen-bond donors (Lipinski definition) is 1. The predicted molar refractivity (Wildman–Crippen MR) is 87.7 cm³/mol. The van der Waals surface area contributed by atoms with Crippen LogP contribution in [0.2, 0.25) is 0 Å². The van der Waals surface area contributed by atoms with Gasteiger partial charge in [0.25, 0.3) is 0 Å². The summed E-state index contributed by atoms with van der Waals surface area (Å²) < 4.78 is 45.6. The Morgan fingerprint density at radius 1 is 1.41 bits per heavy atom. The first-order chi connectivity index (χ1) is 10.2. The quantitative estimate of drug-likeness (QED) is 0.836. The van der Waals surface area contributed by atoms with Gasteiger partial charge < -0.3 is 5.32 Å². The van der Waals surface area contributed by atoms with Gasteiger partial charge in [-0.25, -0.2) is 16.8 Å². The van der Waals surface area contributed by atoms with E-state index in [9.17, 15) is 21.6 Å². The Bertz CT molecular complexity index is 771. The number of carbonyl (C=O) groups is 1. The van der Waals surface area contributed by atoms with Crippen LogP contribution in [0.25, 0.3) is 0 Å². The maximum atomic E-state index is 11.9. The van der Waals surface area contributed by atoms with Crippen LogP contribution in [-0.4, -0.2) is 51.5 Å². The summed E-state index contributed by atoms with van der Waals surface area (Å²) in [5.41, 5.74) is 0.410. The predicted octanol–water partition coefficient (Wildman–Crippen LogP) is 0.949. The summed E-state index contributed by atoms with van der Waals surface area (Å²) in [7, 11) is -6.27. The lowest BCUT2D eigenvalue weighted by Crippen LogP contribution is -2.17. The number of rotatable bonds is 5. The first-order valence-electron chi connectivity index (χ1n) is 6.58. The second kappa shape index (κ2) is 6.59. The molecule has 2 rings (SSSR count). The van der Waals surface area contributed by atoms with Gasteiger partial charge in [-0.15, -0.1) is 11.8 Å². The molecule has 1 heterocycles. The monoisotopic (exact) mass is 363 g/mol. The third-order valence-corrected chi connectivity index (χ3v) is 7.58. The highest BCUT2D eigenvalue weighted by atomic mass is 32.2. The molecule has 0 aliphatic carbocycles. The molecule has 1 N–H and O–H groups in total. The smallest absolute Gasteiger partial charge is 0.234 e. The number of carbonyl (C=O) groups excluding carboxylic acids is 1. The lowest BCUT2D eigenvalue weighted by molar-refractivity contribution is -0.113. The van der Waals surface area contributed by atoms with Gasteiger partial charge in [-0.2, -0.15) is 0 Å². The van der Waals surface area contributed by atoms with Gasteiger partial charge in [-0.05, 0) is 24.6 Å². The van der Waals surface area contributed by atoms with Crippen molar-refractivity contribution in [2.24, 2.45) is 0 Å². The SMILES string of the molecule is CS(=O)(=O)c1cccc(NC(=O)CS[C@@H]2CCS(=O)(=O)C2)c1. The van der Waals surface area contributed by atoms with E-state index in [0.29, 0.717) is 12.1 Å². The number of sulfone groups is 2. The van der Waals surface area contributed by atoms with E-state index in [1.54, 1.807) is 12.1 Å². The molecule has 22 heavy (non-hydrogen) atoms. The zero-order chi connectivity index (χ0) is 16.4. The number of thioether (sulfide) groups is 1. The number of amides is 1. The minimum Gasteiger partial charge on any atom is -0.325 e. The Morgan fingerprint density at radius 2 is 2.14 bits per heavy atom. The molecule has 6 nitrogen and oxygen atoms in total. The standard InChI is InChI=1S/C13H17NO5S3/c1-21(16,17)12-4-2-3-10(7-12)14-13(15)8-20-11-5-6-22(18,19)9-11/h2-4,7,11H,5-6,8-9H2,1H3,(H,14,15)/t11-/m1/s1. The summed E-state index contributed by atoms with van der Waals surface area (Å²) in [4.78, 5) is 12.0. The Hall–Kier alpha value is -1.06. The van der Waals surface area contributed by atoms with Crippen LogP contribution in [-0.2, 0) is 24.5 Å². The zero-order valence-electron chi connectivity index (χ0n) is 12.0. The highest BCUT2D eigenvalue weighted by Gasteiger charge is 2.28. The molecule has 0 saturated carbocycles. The molecule has 0 spiro atoms. The Balaban J connectivity index is 1.90. The fraction of sp³-hybridized carbons (Fsp3) is 0.462. The maximum absolute atomic E-state index is 11.9. The minimum absolute atomic E-state index is 0.0434. The van der Waals surface area contributed by atoms with Gasteiger partial charge >= 0.3 is 0 Å². The second-order valence-electron chi connectivity index (χ2n) is 5.18. The molecule has 122 valence electrons. The van der Waals surface area contributed by atoms with Crippen LogP contribution in [0.4, 0.5) is 5.69 Å². The van der Waals surface area contributed by atoms with Crippen molar-refractivity contribution in [2.75, 3.05) is 28.8 Å². The Morgan fingerprint density at radius 3 is 2.73 bits per heavy atom. The third kappa shape index (κ3) is 4.99. The molecule has 1 aromatic rings. The molecule has 1 saturated heterocycles. The summed E-state index contributed by atoms with van der Waals surface area (Å²) in [5, 5.41) is 2.58. The van der Waals surface area contributed by atoms with Gasteiger partial charge in [0.05, 0.1) is 22.2 Å². The summed E-state index contributed by atoms with van der Waals surface area (Å²) in [6.07, 6.45) is 1.67. The van der Waals surface area contributed by atoms with Crippen molar-refractivity contribution in [3.63, 3.8) is 0 Å². The third-order valence-electron chi connectivity index (χ3n) is 3.19. The van der Waals surface area contributed by atoms with E-state index in [-0.39, 0.29) is 33.3 Å². The van der Waals surface area contributed by atoms with Crippen molar-refractivity contribution >= 4 is 43.0 Å². The van der Waals surface area contributed by atoms with Crippen molar-refractivity contribution in [3.8, 4) is 0 Å². The minimum atomic E-state index is -3.32. The van der Waals surface area contributed by atoms with Gasteiger partial charge in [-0.3, -0.25) is 4.79 Å². The number of anilines is 1. The van der Waals surface area contributed by atoms with Crippen molar-refractivity contribution in [1.29, 1.82) is 0 Å². The van der Waals surface area contributed by atoms with Gasteiger partial charge in [0.2, 0.25) is 5.91 Å². The molecule has 1 aliphatic rings. The molecule has 1 aliphatic heterocycles. The van der Waals surface area contributed by atoms with E-state index in [1.807, 2.05) is 0 Å². The van der Waals surface area contributed by atoms with Crippen LogP contribution >= 0.6 is 11.8 Å². The van der Waals surface area contributed by atoms with Crippen LogP contribution in [0, 0.1) is 0 Å². The average Bonchev–Trinajstić information content (AvgIpc) is 2.75. The van der Waals surface area contributed by atoms with E-state index in [2.05, 4.69) is 5.32 Å². The van der Waals surface area contributed by atoms with Crippen LogP contribution in [0.1, 0.15) is 6.42 Å². The van der Waals surface area contributed by atoms with E-state index < -0.39 is 19.7 Å². The molecule has 1 atom stereocenters. The molecule has 0 unspecified atom stereocenters. The first kappa shape index (κ1) is 17.3. The van der Waals surface area contributed by atoms with Crippen LogP contribution < -0.4 is 5.32 Å². The molecule has 0 aromatic heterocycles. The molecule has 1 aromatic carbocycles. The van der Waals surface area contributed by atoms with Gasteiger partial charge in [0, 0.05) is 17.2 Å². The Labute approximate surface area is 134 Å². The molecular weight excluding hydrogens is 346 g/mol. The van der Waals surface area contributed by atoms with Crippen molar-refractivity contribution < 1.29 is 21.6 Å². The summed E-state index contributed by atoms with van der Waals surface area (Å²) in [6.45, 7) is 0. The summed E-state index contributed by atoms with van der Waals surface area (Å²) in [5.74, 6) is 0.167. The summed E-state index contributed by atoms with van der Waals surface area (Å²) >= 11 is 1.31. The van der Waals surface area contributed by atoms with Crippen molar-refractivity contribution in [3.05, 3.63) is 24.3 Å². The zero-order valence-corrected chi connectivity index (χ0v) is 14.4. The largest absolute Gasteiger partial charge is 0.325 e. The highest BCUT2D eigenvalue weighted by Crippen LogP contribution is 2.24. The van der Waals surface area contributed by atoms with Crippen LogP contribution in [0.15, 0.2) is 29.2 Å². The average molecular weight is 363 g/mol. The van der Waals surface area contributed by atoms with E-state index >= 15 is 0 Å². The highest BCUT2D eigenvalue weighted by molar-refractivity contribution is 8.02. The topological polar surface area (TPSA) is 97.4 Å². The van der Waals surface area contributed by atoms with Crippen LogP contribution in [0.3, 0.4) is 0 Å². The lowest BCUT2D eigenvalue weighted by Gasteiger charge is -2.09.